The molecule has 0 bridgehead atoms. The number of rotatable bonds is 11. The van der Waals surface area contributed by atoms with Crippen LogP contribution in [0.3, 0.4) is 0 Å². The van der Waals surface area contributed by atoms with E-state index in [0.717, 1.165) is 34.4 Å². The van der Waals surface area contributed by atoms with Gasteiger partial charge in [-0.3, -0.25) is 4.39 Å². The third kappa shape index (κ3) is 23.8. The number of hydrogen-bond acceptors (Lipinski definition) is 1. The molecule has 282 valence electrons. The van der Waals surface area contributed by atoms with Gasteiger partial charge in [-0.1, -0.05) is 108 Å². The van der Waals surface area contributed by atoms with Crippen molar-refractivity contribution in [1.82, 2.24) is 0 Å². The van der Waals surface area contributed by atoms with Gasteiger partial charge < -0.3 is 5.11 Å². The standard InChI is InChI=1S/C13H19.C9H10O2.C9H18.C8H8F.C8H16.U/c1-3-8-12(9-4-2)13-10-6-5-7-11-13;1-6-3-4-8(9(10)11)5-7(6)2;1-3-8(2)7-9-5-4-6-9;1-6-3-4-7(2)8(9)5-6;1-5-6-8(4)7(2)3;/h5-7,10,12H,3-4,8-9H2,1-2H3;3-5H,1-2H3,(H,10,11);8-9H,3-7H2,1-2H3;3-5H,2H2,1H3;5-6H2,1-4H3;/q-1;;;-1;;+2. The summed E-state index contributed by atoms with van der Waals surface area (Å²) >= 11 is 0. The SMILES string of the molecule is CCC(C)CC1CCC1.CCCC(C)=C(C)C.CCCC(CCC)c1[c-]cccc1.Cc1ccc(C(=O)O)cc1C.[CH2-]c1ccc(C)cc1F.[U+2]. The Kier molecular flexibility index (Phi) is 30.1. The van der Waals surface area contributed by atoms with Crippen molar-refractivity contribution in [2.24, 2.45) is 11.8 Å². The fourth-order valence-electron chi connectivity index (χ4n) is 5.43. The Morgan fingerprint density at radius 1 is 0.902 bits per heavy atom. The van der Waals surface area contributed by atoms with Crippen molar-refractivity contribution in [3.8, 4) is 0 Å². The van der Waals surface area contributed by atoms with Gasteiger partial charge in [-0.15, -0.1) is 6.07 Å². The molecule has 3 aromatic rings. The predicted molar refractivity (Wildman–Crippen MR) is 217 cm³/mol. The summed E-state index contributed by atoms with van der Waals surface area (Å²) in [6.45, 7) is 27.1. The van der Waals surface area contributed by atoms with E-state index in [4.69, 9.17) is 5.11 Å². The minimum Gasteiger partial charge on any atom is -0.478 e. The normalized spacial score (nSPS) is 12.0. The fraction of sp³-hybridized carbons (Fsp3) is 0.532. The molecule has 1 unspecified atom stereocenters. The smallest absolute Gasteiger partial charge is 0.478 e. The third-order valence-corrected chi connectivity index (χ3v) is 9.55. The van der Waals surface area contributed by atoms with E-state index in [-0.39, 0.29) is 36.9 Å². The average molecular weight is 925 g/mol. The maximum Gasteiger partial charge on any atom is 2.00 e. The van der Waals surface area contributed by atoms with Crippen LogP contribution in [0.2, 0.25) is 0 Å². The van der Waals surface area contributed by atoms with E-state index in [1.54, 1.807) is 23.8 Å². The van der Waals surface area contributed by atoms with Crippen molar-refractivity contribution in [2.45, 2.75) is 153 Å². The van der Waals surface area contributed by atoms with Crippen molar-refractivity contribution in [2.75, 3.05) is 0 Å². The zero-order valence-electron chi connectivity index (χ0n) is 34.2. The molecule has 4 rings (SSSR count). The summed E-state index contributed by atoms with van der Waals surface area (Å²) in [6, 6.07) is 21.8. The van der Waals surface area contributed by atoms with E-state index in [9.17, 15) is 9.18 Å². The summed E-state index contributed by atoms with van der Waals surface area (Å²) < 4.78 is 12.5. The zero-order chi connectivity index (χ0) is 38.1. The maximum absolute atomic E-state index is 12.5. The Hall–Kier alpha value is -2.28. The number of aromatic carboxylic acids is 1. The molecule has 3 aromatic carbocycles. The Labute approximate surface area is 337 Å². The van der Waals surface area contributed by atoms with Gasteiger partial charge in [0.25, 0.3) is 0 Å². The Morgan fingerprint density at radius 2 is 1.53 bits per heavy atom. The van der Waals surface area contributed by atoms with Crippen LogP contribution in [0.1, 0.15) is 170 Å². The summed E-state index contributed by atoms with van der Waals surface area (Å²) in [5.41, 5.74) is 8.30. The van der Waals surface area contributed by atoms with Gasteiger partial charge in [0, 0.05) is 5.82 Å². The minimum atomic E-state index is -0.867. The van der Waals surface area contributed by atoms with Crippen LogP contribution in [-0.2, 0) is 0 Å². The van der Waals surface area contributed by atoms with E-state index in [1.807, 2.05) is 45.0 Å². The summed E-state index contributed by atoms with van der Waals surface area (Å²) in [6.07, 6.45) is 15.1. The molecule has 0 saturated heterocycles. The quantitative estimate of drug-likeness (QED) is 0.154. The molecule has 0 amide bonds. The number of carbonyl (C=O) groups is 1. The van der Waals surface area contributed by atoms with Crippen molar-refractivity contribution < 1.29 is 45.4 Å². The number of benzene rings is 3. The molecule has 1 saturated carbocycles. The molecule has 1 aliphatic carbocycles. The van der Waals surface area contributed by atoms with Crippen LogP contribution < -0.4 is 0 Å². The molecule has 1 N–H and O–H groups in total. The number of carboxylic acids is 1. The van der Waals surface area contributed by atoms with Gasteiger partial charge in [-0.25, -0.2) is 4.79 Å². The first-order valence-corrected chi connectivity index (χ1v) is 19.2. The topological polar surface area (TPSA) is 37.3 Å². The summed E-state index contributed by atoms with van der Waals surface area (Å²) in [4.78, 5) is 10.5. The minimum absolute atomic E-state index is 0. The van der Waals surface area contributed by atoms with Gasteiger partial charge in [0.2, 0.25) is 0 Å². The van der Waals surface area contributed by atoms with Crippen molar-refractivity contribution >= 4 is 5.97 Å². The maximum atomic E-state index is 12.5. The second kappa shape index (κ2) is 30.2. The second-order valence-corrected chi connectivity index (χ2v) is 14.4. The molecule has 0 aromatic heterocycles. The molecule has 1 fully saturated rings. The van der Waals surface area contributed by atoms with Crippen LogP contribution in [0.25, 0.3) is 0 Å². The zero-order valence-corrected chi connectivity index (χ0v) is 38.4. The van der Waals surface area contributed by atoms with E-state index in [2.05, 4.69) is 80.5 Å². The van der Waals surface area contributed by atoms with Gasteiger partial charge in [-0.05, 0) is 108 Å². The Balaban J connectivity index is 0. The van der Waals surface area contributed by atoms with Gasteiger partial charge in [-0.2, -0.15) is 54.4 Å². The van der Waals surface area contributed by atoms with Crippen LogP contribution in [0, 0.1) is 82.5 Å². The number of allylic oxidation sites excluding steroid dienone is 2. The molecule has 51 heavy (non-hydrogen) atoms. The Morgan fingerprint density at radius 3 is 1.90 bits per heavy atom. The molecule has 0 spiro atoms. The molecule has 1 atom stereocenters. The van der Waals surface area contributed by atoms with Crippen molar-refractivity contribution in [1.29, 1.82) is 0 Å². The number of aryl methyl sites for hydroxylation is 3. The van der Waals surface area contributed by atoms with Crippen molar-refractivity contribution in [3.05, 3.63) is 124 Å². The molecule has 0 aliphatic heterocycles. The van der Waals surface area contributed by atoms with Crippen LogP contribution in [0.5, 0.6) is 0 Å². The molecule has 2 nitrogen and oxygen atoms in total. The Bertz CT molecular complexity index is 1350. The van der Waals surface area contributed by atoms with Crippen LogP contribution >= 0.6 is 0 Å². The largest absolute Gasteiger partial charge is 2.00 e. The van der Waals surface area contributed by atoms with Crippen LogP contribution in [0.15, 0.2) is 71.8 Å². The summed E-state index contributed by atoms with van der Waals surface area (Å²) in [7, 11) is 0. The first kappa shape index (κ1) is 50.8. The molecule has 4 heteroatoms. The second-order valence-electron chi connectivity index (χ2n) is 14.4. The van der Waals surface area contributed by atoms with E-state index in [0.29, 0.717) is 11.1 Å². The first-order chi connectivity index (χ1) is 23.7. The van der Waals surface area contributed by atoms with E-state index < -0.39 is 5.97 Å². The molecule has 0 heterocycles. The van der Waals surface area contributed by atoms with Crippen LogP contribution in [0.4, 0.5) is 4.39 Å². The first-order valence-electron chi connectivity index (χ1n) is 19.2. The fourth-order valence-corrected chi connectivity index (χ4v) is 5.43. The summed E-state index contributed by atoms with van der Waals surface area (Å²) in [5.74, 6) is 1.73. The molecule has 0 radical (unpaired) electrons. The van der Waals surface area contributed by atoms with Gasteiger partial charge in [0.15, 0.2) is 0 Å². The number of carboxylic acid groups (broad SMARTS) is 1. The average Bonchev–Trinajstić information content (AvgIpc) is 3.07. The van der Waals surface area contributed by atoms with E-state index >= 15 is 0 Å². The van der Waals surface area contributed by atoms with Gasteiger partial charge in [0.05, 0.1) is 5.56 Å². The monoisotopic (exact) mass is 925 g/mol. The molecule has 1 aliphatic rings. The third-order valence-electron chi connectivity index (χ3n) is 9.55. The molecular formula is C47H71FO2U. The molecular weight excluding hydrogens is 854 g/mol. The number of halogens is 1. The van der Waals surface area contributed by atoms with Crippen LogP contribution in [-0.4, -0.2) is 11.1 Å². The van der Waals surface area contributed by atoms with E-state index in [1.165, 1.54) is 87.8 Å². The van der Waals surface area contributed by atoms with Crippen molar-refractivity contribution in [3.63, 3.8) is 0 Å². The summed E-state index contributed by atoms with van der Waals surface area (Å²) in [5, 5.41) is 8.60. The number of hydrogen-bond donors (Lipinski definition) is 1. The predicted octanol–water partition coefficient (Wildman–Crippen LogP) is 14.9. The van der Waals surface area contributed by atoms with Gasteiger partial charge >= 0.3 is 37.1 Å². The van der Waals surface area contributed by atoms with Gasteiger partial charge in [0.1, 0.15) is 0 Å².